The largest absolute Gasteiger partial charge is 0.336 e. The van der Waals surface area contributed by atoms with Crippen LogP contribution in [0.15, 0.2) is 47.9 Å². The molecule has 0 fully saturated rings. The fraction of sp³-hybridized carbons (Fsp3) is 0.571. The lowest BCUT2D eigenvalue weighted by molar-refractivity contribution is 0.603. The van der Waals surface area contributed by atoms with E-state index < -0.39 is 0 Å². The van der Waals surface area contributed by atoms with Crippen molar-refractivity contribution >= 4 is 23.5 Å². The monoisotopic (exact) mass is 394 g/mol. The molecule has 1 heterocycles. The van der Waals surface area contributed by atoms with E-state index in [2.05, 4.69) is 16.5 Å². The molecule has 0 amide bonds. The van der Waals surface area contributed by atoms with Gasteiger partial charge in [0.15, 0.2) is 0 Å². The minimum Gasteiger partial charge on any atom is -0.336 e. The van der Waals surface area contributed by atoms with E-state index in [9.17, 15) is 4.39 Å². The predicted molar refractivity (Wildman–Crippen MR) is 114 cm³/mol. The highest BCUT2D eigenvalue weighted by molar-refractivity contribution is 8.03. The van der Waals surface area contributed by atoms with Crippen LogP contribution in [0.1, 0.15) is 51.9 Å². The minimum atomic E-state index is -0.172. The molecule has 1 atom stereocenters. The maximum absolute atomic E-state index is 13.1. The van der Waals surface area contributed by atoms with E-state index in [1.807, 2.05) is 54.4 Å². The van der Waals surface area contributed by atoms with Crippen LogP contribution >= 0.6 is 23.5 Å². The van der Waals surface area contributed by atoms with Gasteiger partial charge in [0, 0.05) is 34.8 Å². The van der Waals surface area contributed by atoms with E-state index in [-0.39, 0.29) is 5.82 Å². The van der Waals surface area contributed by atoms with E-state index in [0.29, 0.717) is 5.25 Å². The van der Waals surface area contributed by atoms with Crippen molar-refractivity contribution in [3.63, 3.8) is 0 Å². The van der Waals surface area contributed by atoms with Gasteiger partial charge in [-0.1, -0.05) is 45.4 Å². The molecule has 1 aromatic heterocycles. The second-order valence-electron chi connectivity index (χ2n) is 6.65. The van der Waals surface area contributed by atoms with E-state index in [4.69, 9.17) is 0 Å². The third-order valence-corrected chi connectivity index (χ3v) is 6.91. The Bertz CT molecular complexity index is 572. The van der Waals surface area contributed by atoms with Crippen LogP contribution in [0.4, 0.5) is 4.39 Å². The number of unbranched alkanes of at least 4 members (excludes halogenated alkanes) is 6. The normalized spacial score (nSPS) is 12.4. The van der Waals surface area contributed by atoms with Gasteiger partial charge in [-0.15, -0.1) is 11.8 Å². The predicted octanol–water partition coefficient (Wildman–Crippen LogP) is 6.67. The van der Waals surface area contributed by atoms with Gasteiger partial charge in [-0.3, -0.25) is 0 Å². The van der Waals surface area contributed by atoms with E-state index >= 15 is 0 Å². The Morgan fingerprint density at radius 3 is 2.46 bits per heavy atom. The number of hydrogen-bond acceptors (Lipinski definition) is 3. The van der Waals surface area contributed by atoms with Gasteiger partial charge in [0.1, 0.15) is 5.82 Å². The molecule has 0 aliphatic rings. The van der Waals surface area contributed by atoms with Crippen molar-refractivity contribution in [3.05, 3.63) is 48.8 Å². The first-order valence-corrected chi connectivity index (χ1v) is 11.8. The molecule has 1 unspecified atom stereocenters. The molecule has 2 aromatic rings. The number of halogens is 1. The molecule has 5 heteroatoms. The first kappa shape index (κ1) is 21.4. The molecule has 0 bridgehead atoms. The fourth-order valence-corrected chi connectivity index (χ4v) is 5.26. The Kier molecular flexibility index (Phi) is 10.9. The van der Waals surface area contributed by atoms with Gasteiger partial charge in [0.05, 0.1) is 6.33 Å². The fourth-order valence-electron chi connectivity index (χ4n) is 2.84. The summed E-state index contributed by atoms with van der Waals surface area (Å²) in [5, 5.41) is 0.462. The molecule has 2 rings (SSSR count). The van der Waals surface area contributed by atoms with Crippen LogP contribution in [0.5, 0.6) is 0 Å². The highest BCUT2D eigenvalue weighted by Gasteiger charge is 2.12. The highest BCUT2D eigenvalue weighted by atomic mass is 32.2. The maximum atomic E-state index is 13.1. The number of imidazole rings is 1. The smallest absolute Gasteiger partial charge is 0.123 e. The Labute approximate surface area is 166 Å². The summed E-state index contributed by atoms with van der Waals surface area (Å²) < 4.78 is 15.3. The Hall–Kier alpha value is -0.940. The third-order valence-electron chi connectivity index (χ3n) is 4.29. The second-order valence-corrected chi connectivity index (χ2v) is 9.17. The zero-order valence-corrected chi connectivity index (χ0v) is 17.4. The van der Waals surface area contributed by atoms with E-state index in [1.165, 1.54) is 50.7 Å². The quantitative estimate of drug-likeness (QED) is 0.263. The lowest BCUT2D eigenvalue weighted by Gasteiger charge is -2.17. The van der Waals surface area contributed by atoms with Crippen LogP contribution in [0.3, 0.4) is 0 Å². The summed E-state index contributed by atoms with van der Waals surface area (Å²) in [7, 11) is 0. The van der Waals surface area contributed by atoms with Crippen LogP contribution < -0.4 is 0 Å². The Morgan fingerprint density at radius 1 is 1.04 bits per heavy atom. The summed E-state index contributed by atoms with van der Waals surface area (Å²) in [6.45, 7) is 3.20. The third kappa shape index (κ3) is 9.13. The number of aromatic nitrogens is 2. The topological polar surface area (TPSA) is 17.8 Å². The van der Waals surface area contributed by atoms with E-state index in [0.717, 1.165) is 17.2 Å². The molecular formula is C21H31FN2S2. The molecule has 0 saturated heterocycles. The standard InChI is InChI=1S/C21H31FN2S2/c1-2-3-4-5-6-7-8-15-25-17-21(16-24-14-13-23-18-24)26-20-11-9-19(22)10-12-20/h9-14,18,21H,2-8,15-17H2,1H3. The van der Waals surface area contributed by atoms with Crippen molar-refractivity contribution in [1.82, 2.24) is 9.55 Å². The summed E-state index contributed by atoms with van der Waals surface area (Å²) in [6.07, 6.45) is 15.2. The lowest BCUT2D eigenvalue weighted by Crippen LogP contribution is -2.15. The van der Waals surface area contributed by atoms with Gasteiger partial charge in [0.25, 0.3) is 0 Å². The van der Waals surface area contributed by atoms with Crippen molar-refractivity contribution in [2.75, 3.05) is 11.5 Å². The van der Waals surface area contributed by atoms with Crippen molar-refractivity contribution in [2.24, 2.45) is 0 Å². The summed E-state index contributed by atoms with van der Waals surface area (Å²) in [5.74, 6) is 2.17. The molecule has 26 heavy (non-hydrogen) atoms. The van der Waals surface area contributed by atoms with Crippen LogP contribution in [0.2, 0.25) is 0 Å². The first-order chi connectivity index (χ1) is 12.8. The van der Waals surface area contributed by atoms with Crippen LogP contribution in [0.25, 0.3) is 0 Å². The molecule has 0 spiro atoms. The molecule has 0 radical (unpaired) electrons. The molecule has 1 aromatic carbocycles. The first-order valence-electron chi connectivity index (χ1n) is 9.73. The van der Waals surface area contributed by atoms with Crippen molar-refractivity contribution < 1.29 is 4.39 Å². The number of benzene rings is 1. The number of nitrogens with zero attached hydrogens (tertiary/aromatic N) is 2. The molecule has 0 aliphatic heterocycles. The van der Waals surface area contributed by atoms with Crippen molar-refractivity contribution in [3.8, 4) is 0 Å². The maximum Gasteiger partial charge on any atom is 0.123 e. The lowest BCUT2D eigenvalue weighted by atomic mass is 10.1. The van der Waals surface area contributed by atoms with Crippen LogP contribution in [0, 0.1) is 5.82 Å². The van der Waals surface area contributed by atoms with Crippen LogP contribution in [-0.2, 0) is 6.54 Å². The summed E-state index contributed by atoms with van der Waals surface area (Å²) in [6, 6.07) is 6.84. The number of hydrogen-bond donors (Lipinski definition) is 0. The van der Waals surface area contributed by atoms with Crippen LogP contribution in [-0.4, -0.2) is 26.3 Å². The molecule has 144 valence electrons. The summed E-state index contributed by atoms with van der Waals surface area (Å²) in [5.41, 5.74) is 0. The van der Waals surface area contributed by atoms with Gasteiger partial charge in [0.2, 0.25) is 0 Å². The molecule has 0 saturated carbocycles. The van der Waals surface area contributed by atoms with Gasteiger partial charge in [-0.25, -0.2) is 9.37 Å². The Balaban J connectivity index is 1.69. The molecule has 0 aliphatic carbocycles. The number of thioether (sulfide) groups is 2. The van der Waals surface area contributed by atoms with Gasteiger partial charge >= 0.3 is 0 Å². The molecule has 0 N–H and O–H groups in total. The molecular weight excluding hydrogens is 363 g/mol. The van der Waals surface area contributed by atoms with Crippen molar-refractivity contribution in [2.45, 2.75) is 68.6 Å². The summed E-state index contributed by atoms with van der Waals surface area (Å²) >= 11 is 3.88. The Morgan fingerprint density at radius 2 is 1.77 bits per heavy atom. The zero-order chi connectivity index (χ0) is 18.5. The van der Waals surface area contributed by atoms with Gasteiger partial charge < -0.3 is 4.57 Å². The van der Waals surface area contributed by atoms with E-state index in [1.54, 1.807) is 12.1 Å². The zero-order valence-electron chi connectivity index (χ0n) is 15.8. The molecule has 2 nitrogen and oxygen atoms in total. The average Bonchev–Trinajstić information content (AvgIpc) is 3.15. The van der Waals surface area contributed by atoms with Crippen molar-refractivity contribution in [1.29, 1.82) is 0 Å². The highest BCUT2D eigenvalue weighted by Crippen LogP contribution is 2.27. The SMILES string of the molecule is CCCCCCCCCSCC(Cn1ccnc1)Sc1ccc(F)cc1. The van der Waals surface area contributed by atoms with Gasteiger partial charge in [-0.2, -0.15) is 11.8 Å². The average molecular weight is 395 g/mol. The number of rotatable bonds is 14. The minimum absolute atomic E-state index is 0.172. The summed E-state index contributed by atoms with van der Waals surface area (Å²) in [4.78, 5) is 5.28. The van der Waals surface area contributed by atoms with Gasteiger partial charge in [-0.05, 0) is 36.4 Å². The second kappa shape index (κ2) is 13.3.